The predicted octanol–water partition coefficient (Wildman–Crippen LogP) is 2.94. The van der Waals surface area contributed by atoms with E-state index < -0.39 is 12.6 Å². The molecule has 0 unspecified atom stereocenters. The van der Waals surface area contributed by atoms with E-state index in [4.69, 9.17) is 23.7 Å². The molecule has 7 nitrogen and oxygen atoms in total. The van der Waals surface area contributed by atoms with Gasteiger partial charge in [-0.15, -0.1) is 0 Å². The number of hydrogen-bond donors (Lipinski definition) is 1. The largest absolute Gasteiger partial charge is 0.497 e. The molecule has 3 aromatic rings. The first-order chi connectivity index (χ1) is 12.5. The van der Waals surface area contributed by atoms with Crippen LogP contribution in [-0.2, 0) is 4.79 Å². The van der Waals surface area contributed by atoms with Crippen LogP contribution in [-0.4, -0.2) is 31.9 Å². The predicted molar refractivity (Wildman–Crippen MR) is 94.2 cm³/mol. The molecular formula is C19H16O7. The maximum Gasteiger partial charge on any atom is 0.341 e. The van der Waals surface area contributed by atoms with Crippen LogP contribution in [0.1, 0.15) is 0 Å². The molecule has 3 rings (SSSR count). The van der Waals surface area contributed by atoms with E-state index in [1.165, 1.54) is 25.5 Å². The molecule has 1 aromatic heterocycles. The van der Waals surface area contributed by atoms with E-state index in [2.05, 4.69) is 0 Å². The number of rotatable bonds is 6. The van der Waals surface area contributed by atoms with Crippen LogP contribution in [0.25, 0.3) is 22.1 Å². The Labute approximate surface area is 148 Å². The molecule has 2 aromatic carbocycles. The molecule has 0 spiro atoms. The second kappa shape index (κ2) is 7.18. The lowest BCUT2D eigenvalue weighted by molar-refractivity contribution is -0.139. The Hall–Kier alpha value is -3.48. The maximum absolute atomic E-state index is 12.8. The zero-order chi connectivity index (χ0) is 18.7. The molecular weight excluding hydrogens is 340 g/mol. The Morgan fingerprint density at radius 1 is 1.08 bits per heavy atom. The second-order valence-corrected chi connectivity index (χ2v) is 5.39. The van der Waals surface area contributed by atoms with Gasteiger partial charge >= 0.3 is 5.97 Å². The molecule has 134 valence electrons. The normalized spacial score (nSPS) is 10.5. The first kappa shape index (κ1) is 17.3. The number of aliphatic carboxylic acids is 1. The van der Waals surface area contributed by atoms with Gasteiger partial charge in [0.25, 0.3) is 0 Å². The summed E-state index contributed by atoms with van der Waals surface area (Å²) >= 11 is 0. The van der Waals surface area contributed by atoms with Crippen LogP contribution in [0.3, 0.4) is 0 Å². The summed E-state index contributed by atoms with van der Waals surface area (Å²) in [5.41, 5.74) is 1.11. The standard InChI is InChI=1S/C19H16O7/c1-23-12-5-3-11(4-6-12)14-9-25-15-8-17(26-10-18(20)21)16(24-2)7-13(15)19(14)22/h3-9H,10H2,1-2H3,(H,20,21). The monoisotopic (exact) mass is 356 g/mol. The molecule has 26 heavy (non-hydrogen) atoms. The Balaban J connectivity index is 2.09. The van der Waals surface area contributed by atoms with Crippen molar-refractivity contribution >= 4 is 16.9 Å². The van der Waals surface area contributed by atoms with Crippen LogP contribution in [0.15, 0.2) is 51.9 Å². The summed E-state index contributed by atoms with van der Waals surface area (Å²) in [6.45, 7) is -0.532. The summed E-state index contributed by atoms with van der Waals surface area (Å²) in [5.74, 6) is -0.00930. The van der Waals surface area contributed by atoms with Crippen LogP contribution >= 0.6 is 0 Å². The van der Waals surface area contributed by atoms with E-state index in [0.717, 1.165) is 0 Å². The lowest BCUT2D eigenvalue weighted by Gasteiger charge is -2.11. The van der Waals surface area contributed by atoms with Crippen molar-refractivity contribution in [2.75, 3.05) is 20.8 Å². The van der Waals surface area contributed by atoms with Crippen LogP contribution in [0, 0.1) is 0 Å². The number of benzene rings is 2. The number of carboxylic acids is 1. The zero-order valence-electron chi connectivity index (χ0n) is 14.1. The van der Waals surface area contributed by atoms with Gasteiger partial charge in [0, 0.05) is 6.07 Å². The lowest BCUT2D eigenvalue weighted by atomic mass is 10.1. The topological polar surface area (TPSA) is 95.2 Å². The molecule has 0 aliphatic carbocycles. The quantitative estimate of drug-likeness (QED) is 0.725. The number of ether oxygens (including phenoxy) is 3. The highest BCUT2D eigenvalue weighted by molar-refractivity contribution is 5.85. The Morgan fingerprint density at radius 2 is 1.81 bits per heavy atom. The summed E-state index contributed by atoms with van der Waals surface area (Å²) in [7, 11) is 2.97. The summed E-state index contributed by atoms with van der Waals surface area (Å²) in [5, 5.41) is 9.05. The fraction of sp³-hybridized carbons (Fsp3) is 0.158. The number of carboxylic acid groups (broad SMARTS) is 1. The van der Waals surface area contributed by atoms with Gasteiger partial charge < -0.3 is 23.7 Å². The molecule has 1 N–H and O–H groups in total. The van der Waals surface area contributed by atoms with Crippen LogP contribution in [0.2, 0.25) is 0 Å². The van der Waals surface area contributed by atoms with Crippen molar-refractivity contribution in [3.05, 3.63) is 52.9 Å². The summed E-state index contributed by atoms with van der Waals surface area (Å²) in [4.78, 5) is 23.5. The molecule has 0 saturated carbocycles. The number of carbonyl (C=O) groups is 1. The number of fused-ring (bicyclic) bond motifs is 1. The molecule has 0 atom stereocenters. The third-order valence-electron chi connectivity index (χ3n) is 3.81. The van der Waals surface area contributed by atoms with Gasteiger partial charge in [-0.3, -0.25) is 4.79 Å². The second-order valence-electron chi connectivity index (χ2n) is 5.39. The molecule has 7 heteroatoms. The highest BCUT2D eigenvalue weighted by Gasteiger charge is 2.15. The summed E-state index contributed by atoms with van der Waals surface area (Å²) < 4.78 is 21.1. The van der Waals surface area contributed by atoms with E-state index >= 15 is 0 Å². The Bertz CT molecular complexity index is 1000. The van der Waals surface area contributed by atoms with E-state index in [1.807, 2.05) is 0 Å². The van der Waals surface area contributed by atoms with Crippen molar-refractivity contribution in [3.8, 4) is 28.4 Å². The molecule has 0 radical (unpaired) electrons. The molecule has 0 saturated heterocycles. The van der Waals surface area contributed by atoms with Crippen molar-refractivity contribution in [1.29, 1.82) is 0 Å². The van der Waals surface area contributed by atoms with Gasteiger partial charge in [0.05, 0.1) is 25.2 Å². The van der Waals surface area contributed by atoms with Gasteiger partial charge in [-0.1, -0.05) is 12.1 Å². The van der Waals surface area contributed by atoms with Gasteiger partial charge in [0.1, 0.15) is 17.6 Å². The minimum atomic E-state index is -1.12. The van der Waals surface area contributed by atoms with E-state index in [9.17, 15) is 9.59 Å². The molecule has 0 fully saturated rings. The lowest BCUT2D eigenvalue weighted by Crippen LogP contribution is -2.11. The van der Waals surface area contributed by atoms with Crippen molar-refractivity contribution in [2.45, 2.75) is 0 Å². The van der Waals surface area contributed by atoms with Gasteiger partial charge in [-0.25, -0.2) is 4.79 Å². The van der Waals surface area contributed by atoms with Crippen molar-refractivity contribution in [2.24, 2.45) is 0 Å². The van der Waals surface area contributed by atoms with Gasteiger partial charge in [0.2, 0.25) is 5.43 Å². The molecule has 0 aliphatic heterocycles. The third kappa shape index (κ3) is 3.32. The zero-order valence-corrected chi connectivity index (χ0v) is 14.1. The Morgan fingerprint density at radius 3 is 2.42 bits per heavy atom. The highest BCUT2D eigenvalue weighted by atomic mass is 16.5. The molecule has 1 heterocycles. The number of methoxy groups -OCH3 is 2. The minimum Gasteiger partial charge on any atom is -0.497 e. The van der Waals surface area contributed by atoms with Gasteiger partial charge in [-0.05, 0) is 23.8 Å². The van der Waals surface area contributed by atoms with Crippen molar-refractivity contribution < 1.29 is 28.5 Å². The Kier molecular flexibility index (Phi) is 4.79. The maximum atomic E-state index is 12.8. The van der Waals surface area contributed by atoms with Crippen molar-refractivity contribution in [3.63, 3.8) is 0 Å². The van der Waals surface area contributed by atoms with Crippen LogP contribution < -0.4 is 19.6 Å². The molecule has 0 amide bonds. The van der Waals surface area contributed by atoms with Gasteiger partial charge in [-0.2, -0.15) is 0 Å². The van der Waals surface area contributed by atoms with E-state index in [0.29, 0.717) is 22.3 Å². The smallest absolute Gasteiger partial charge is 0.341 e. The minimum absolute atomic E-state index is 0.183. The third-order valence-corrected chi connectivity index (χ3v) is 3.81. The number of hydrogen-bond acceptors (Lipinski definition) is 6. The van der Waals surface area contributed by atoms with E-state index in [1.54, 1.807) is 31.4 Å². The SMILES string of the molecule is COc1ccc(-c2coc3cc(OCC(=O)O)c(OC)cc3c2=O)cc1. The summed E-state index contributed by atoms with van der Waals surface area (Å²) in [6, 6.07) is 9.95. The average Bonchev–Trinajstić information content (AvgIpc) is 2.66. The summed E-state index contributed by atoms with van der Waals surface area (Å²) in [6.07, 6.45) is 1.36. The fourth-order valence-electron chi connectivity index (χ4n) is 2.52. The van der Waals surface area contributed by atoms with Crippen LogP contribution in [0.4, 0.5) is 0 Å². The first-order valence-electron chi connectivity index (χ1n) is 7.66. The molecule has 0 bridgehead atoms. The van der Waals surface area contributed by atoms with Gasteiger partial charge in [0.15, 0.2) is 18.1 Å². The van der Waals surface area contributed by atoms with E-state index in [-0.39, 0.29) is 22.5 Å². The van der Waals surface area contributed by atoms with Crippen molar-refractivity contribution in [1.82, 2.24) is 0 Å². The highest BCUT2D eigenvalue weighted by Crippen LogP contribution is 2.32. The average molecular weight is 356 g/mol. The molecule has 0 aliphatic rings. The fourth-order valence-corrected chi connectivity index (χ4v) is 2.52. The van der Waals surface area contributed by atoms with Crippen LogP contribution in [0.5, 0.6) is 17.2 Å². The first-order valence-corrected chi connectivity index (χ1v) is 7.66.